The average Bonchev–Trinajstić information content (AvgIpc) is 2.15. The van der Waals surface area contributed by atoms with Gasteiger partial charge in [-0.05, 0) is 26.7 Å². The molecule has 3 heteroatoms. The van der Waals surface area contributed by atoms with Gasteiger partial charge in [-0.15, -0.1) is 0 Å². The molecule has 0 fully saturated rings. The SMILES string of the molecule is CCC(C)(O)C(C)C(C)(CC)ON. The molecule has 0 bridgehead atoms. The fourth-order valence-electron chi connectivity index (χ4n) is 1.46. The van der Waals surface area contributed by atoms with Crippen LogP contribution in [0.25, 0.3) is 0 Å². The fraction of sp³-hybridized carbons (Fsp3) is 1.00. The molecule has 0 radical (unpaired) electrons. The van der Waals surface area contributed by atoms with Gasteiger partial charge >= 0.3 is 0 Å². The zero-order chi connectivity index (χ0) is 10.7. The van der Waals surface area contributed by atoms with Gasteiger partial charge in [0.1, 0.15) is 0 Å². The molecule has 0 aromatic heterocycles. The number of hydrogen-bond acceptors (Lipinski definition) is 3. The van der Waals surface area contributed by atoms with Crippen LogP contribution in [0.4, 0.5) is 0 Å². The highest BCUT2D eigenvalue weighted by Crippen LogP contribution is 2.34. The Morgan fingerprint density at radius 1 is 1.31 bits per heavy atom. The van der Waals surface area contributed by atoms with Gasteiger partial charge in [-0.2, -0.15) is 0 Å². The van der Waals surface area contributed by atoms with Gasteiger partial charge in [0.05, 0.1) is 11.2 Å². The van der Waals surface area contributed by atoms with Gasteiger partial charge in [-0.3, -0.25) is 4.84 Å². The Kier molecular flexibility index (Phi) is 4.36. The minimum absolute atomic E-state index is 0.0139. The number of hydrogen-bond donors (Lipinski definition) is 2. The summed E-state index contributed by atoms with van der Waals surface area (Å²) in [6, 6.07) is 0. The van der Waals surface area contributed by atoms with E-state index < -0.39 is 11.2 Å². The summed E-state index contributed by atoms with van der Waals surface area (Å²) in [4.78, 5) is 4.98. The van der Waals surface area contributed by atoms with Crippen molar-refractivity contribution < 1.29 is 9.94 Å². The third-order valence-corrected chi connectivity index (χ3v) is 3.54. The molecule has 3 N–H and O–H groups in total. The van der Waals surface area contributed by atoms with Gasteiger partial charge in [0.25, 0.3) is 0 Å². The molecule has 0 aromatic carbocycles. The zero-order valence-electron chi connectivity index (χ0n) is 9.42. The summed E-state index contributed by atoms with van der Waals surface area (Å²) < 4.78 is 0. The maximum absolute atomic E-state index is 10.1. The maximum Gasteiger partial charge on any atom is 0.0915 e. The molecule has 3 atom stereocenters. The summed E-state index contributed by atoms with van der Waals surface area (Å²) >= 11 is 0. The van der Waals surface area contributed by atoms with Crippen LogP contribution in [0, 0.1) is 5.92 Å². The minimum atomic E-state index is -0.718. The van der Waals surface area contributed by atoms with E-state index in [1.165, 1.54) is 0 Å². The molecule has 80 valence electrons. The van der Waals surface area contributed by atoms with Crippen LogP contribution in [0.3, 0.4) is 0 Å². The van der Waals surface area contributed by atoms with Crippen molar-refractivity contribution in [2.45, 2.75) is 58.7 Å². The van der Waals surface area contributed by atoms with Gasteiger partial charge in [0.15, 0.2) is 0 Å². The molecule has 3 unspecified atom stereocenters. The van der Waals surface area contributed by atoms with Crippen molar-refractivity contribution in [3.63, 3.8) is 0 Å². The summed E-state index contributed by atoms with van der Waals surface area (Å²) in [5, 5.41) is 10.1. The number of aliphatic hydroxyl groups is 1. The highest BCUT2D eigenvalue weighted by molar-refractivity contribution is 4.90. The van der Waals surface area contributed by atoms with Crippen LogP contribution in [-0.2, 0) is 4.84 Å². The molecule has 0 heterocycles. The third kappa shape index (κ3) is 2.66. The molecule has 0 aliphatic rings. The molecule has 0 saturated carbocycles. The van der Waals surface area contributed by atoms with Crippen LogP contribution >= 0.6 is 0 Å². The smallest absolute Gasteiger partial charge is 0.0915 e. The van der Waals surface area contributed by atoms with Gasteiger partial charge in [0.2, 0.25) is 0 Å². The van der Waals surface area contributed by atoms with Crippen molar-refractivity contribution >= 4 is 0 Å². The summed E-state index contributed by atoms with van der Waals surface area (Å²) in [5.74, 6) is 5.27. The van der Waals surface area contributed by atoms with Crippen molar-refractivity contribution in [3.05, 3.63) is 0 Å². The molecule has 13 heavy (non-hydrogen) atoms. The maximum atomic E-state index is 10.1. The normalized spacial score (nSPS) is 23.3. The van der Waals surface area contributed by atoms with E-state index in [0.29, 0.717) is 6.42 Å². The Bertz CT molecular complexity index is 153. The Morgan fingerprint density at radius 3 is 2.00 bits per heavy atom. The van der Waals surface area contributed by atoms with Gasteiger partial charge in [-0.1, -0.05) is 20.8 Å². The molecule has 3 nitrogen and oxygen atoms in total. The van der Waals surface area contributed by atoms with Crippen molar-refractivity contribution in [2.75, 3.05) is 0 Å². The van der Waals surface area contributed by atoms with Crippen molar-refractivity contribution in [2.24, 2.45) is 11.8 Å². The first-order valence-corrected chi connectivity index (χ1v) is 4.94. The van der Waals surface area contributed by atoms with Crippen LogP contribution in [0.2, 0.25) is 0 Å². The van der Waals surface area contributed by atoms with Crippen LogP contribution < -0.4 is 5.90 Å². The molecule has 0 rings (SSSR count). The van der Waals surface area contributed by atoms with Gasteiger partial charge < -0.3 is 5.11 Å². The molecule has 0 spiro atoms. The predicted molar refractivity (Wildman–Crippen MR) is 54.0 cm³/mol. The largest absolute Gasteiger partial charge is 0.390 e. The molecule has 0 amide bonds. The van der Waals surface area contributed by atoms with E-state index in [2.05, 4.69) is 0 Å². The summed E-state index contributed by atoms with van der Waals surface area (Å²) in [7, 11) is 0. The summed E-state index contributed by atoms with van der Waals surface area (Å²) in [6.07, 6.45) is 1.49. The molecule has 0 aromatic rings. The summed E-state index contributed by atoms with van der Waals surface area (Å²) in [5.41, 5.74) is -1.16. The Balaban J connectivity index is 4.64. The van der Waals surface area contributed by atoms with Gasteiger partial charge in [0, 0.05) is 5.92 Å². The zero-order valence-corrected chi connectivity index (χ0v) is 9.42. The van der Waals surface area contributed by atoms with E-state index in [4.69, 9.17) is 10.7 Å². The molecular weight excluding hydrogens is 166 g/mol. The monoisotopic (exact) mass is 189 g/mol. The lowest BCUT2D eigenvalue weighted by molar-refractivity contribution is -0.141. The molecule has 0 saturated heterocycles. The van der Waals surface area contributed by atoms with E-state index >= 15 is 0 Å². The number of nitrogens with two attached hydrogens (primary N) is 1. The second kappa shape index (κ2) is 4.40. The molecular formula is C10H23NO2. The first-order valence-electron chi connectivity index (χ1n) is 4.94. The lowest BCUT2D eigenvalue weighted by Gasteiger charge is -2.41. The summed E-state index contributed by atoms with van der Waals surface area (Å²) in [6.45, 7) is 9.70. The van der Waals surface area contributed by atoms with E-state index in [1.807, 2.05) is 34.6 Å². The molecule has 0 aliphatic carbocycles. The lowest BCUT2D eigenvalue weighted by atomic mass is 9.75. The highest BCUT2D eigenvalue weighted by Gasteiger charge is 2.40. The van der Waals surface area contributed by atoms with E-state index in [-0.39, 0.29) is 5.92 Å². The van der Waals surface area contributed by atoms with E-state index in [9.17, 15) is 5.11 Å². The van der Waals surface area contributed by atoms with Crippen molar-refractivity contribution in [3.8, 4) is 0 Å². The number of rotatable bonds is 5. The third-order valence-electron chi connectivity index (χ3n) is 3.54. The average molecular weight is 189 g/mol. The van der Waals surface area contributed by atoms with Crippen LogP contribution in [0.15, 0.2) is 0 Å². The van der Waals surface area contributed by atoms with Crippen LogP contribution in [0.5, 0.6) is 0 Å². The second-order valence-electron chi connectivity index (χ2n) is 4.22. The topological polar surface area (TPSA) is 55.5 Å². The van der Waals surface area contributed by atoms with Gasteiger partial charge in [-0.25, -0.2) is 5.90 Å². The Labute approximate surface area is 81.2 Å². The standard InChI is InChI=1S/C10H23NO2/c1-6-9(4,12)8(3)10(5,7-2)13-11/h8,12H,6-7,11H2,1-5H3. The highest BCUT2D eigenvalue weighted by atomic mass is 16.6. The van der Waals surface area contributed by atoms with Crippen LogP contribution in [-0.4, -0.2) is 16.3 Å². The lowest BCUT2D eigenvalue weighted by Crippen LogP contribution is -2.49. The van der Waals surface area contributed by atoms with Crippen molar-refractivity contribution in [1.82, 2.24) is 0 Å². The Morgan fingerprint density at radius 2 is 1.77 bits per heavy atom. The van der Waals surface area contributed by atoms with Crippen molar-refractivity contribution in [1.29, 1.82) is 0 Å². The fourth-order valence-corrected chi connectivity index (χ4v) is 1.46. The van der Waals surface area contributed by atoms with E-state index in [1.54, 1.807) is 0 Å². The predicted octanol–water partition coefficient (Wildman–Crippen LogP) is 1.84. The van der Waals surface area contributed by atoms with Crippen LogP contribution in [0.1, 0.15) is 47.5 Å². The van der Waals surface area contributed by atoms with E-state index in [0.717, 1.165) is 6.42 Å². The molecule has 0 aliphatic heterocycles. The quantitative estimate of drug-likeness (QED) is 0.649. The Hall–Kier alpha value is -0.120. The first-order chi connectivity index (χ1) is 5.84. The minimum Gasteiger partial charge on any atom is -0.390 e. The first kappa shape index (κ1) is 12.9. The second-order valence-corrected chi connectivity index (χ2v) is 4.22.